The number of amides is 1. The molecule has 4 rings (SSSR count). The Bertz CT molecular complexity index is 1010. The van der Waals surface area contributed by atoms with Crippen LogP contribution in [0.2, 0.25) is 0 Å². The second-order valence-corrected chi connectivity index (χ2v) is 8.70. The number of rotatable bonds is 7. The number of carbonyl (C=O) groups excluding carboxylic acids is 1. The molecule has 0 aliphatic carbocycles. The second kappa shape index (κ2) is 9.40. The average molecular weight is 424 g/mol. The van der Waals surface area contributed by atoms with Crippen LogP contribution < -0.4 is 10.2 Å². The Balaban J connectivity index is 1.33. The number of aryl methyl sites for hydroxylation is 1. The van der Waals surface area contributed by atoms with Crippen LogP contribution in [0.15, 0.2) is 47.6 Å². The van der Waals surface area contributed by atoms with Crippen molar-refractivity contribution in [1.82, 2.24) is 20.2 Å². The van der Waals surface area contributed by atoms with E-state index in [0.717, 1.165) is 23.5 Å². The van der Waals surface area contributed by atoms with E-state index in [2.05, 4.69) is 46.0 Å². The van der Waals surface area contributed by atoms with Gasteiger partial charge in [0.05, 0.1) is 24.5 Å². The van der Waals surface area contributed by atoms with Gasteiger partial charge in [0.25, 0.3) is 0 Å². The minimum Gasteiger partial charge on any atom is -0.331 e. The van der Waals surface area contributed by atoms with E-state index in [-0.39, 0.29) is 11.7 Å². The van der Waals surface area contributed by atoms with E-state index < -0.39 is 0 Å². The van der Waals surface area contributed by atoms with Gasteiger partial charge in [-0.2, -0.15) is 4.68 Å². The summed E-state index contributed by atoms with van der Waals surface area (Å²) in [5.41, 5.74) is 5.35. The molecule has 1 aliphatic heterocycles. The summed E-state index contributed by atoms with van der Waals surface area (Å²) in [6, 6.07) is 14.2. The molecule has 3 aromatic rings. The molecule has 1 saturated heterocycles. The molecule has 2 heterocycles. The van der Waals surface area contributed by atoms with E-state index in [9.17, 15) is 4.79 Å². The maximum Gasteiger partial charge on any atom is 0.234 e. The van der Waals surface area contributed by atoms with Crippen LogP contribution >= 0.6 is 11.8 Å². The van der Waals surface area contributed by atoms with Gasteiger partial charge in [0.1, 0.15) is 6.54 Å². The van der Waals surface area contributed by atoms with E-state index >= 15 is 0 Å². The Kier molecular flexibility index (Phi) is 6.44. The smallest absolute Gasteiger partial charge is 0.234 e. The van der Waals surface area contributed by atoms with Crippen molar-refractivity contribution in [2.24, 2.45) is 0 Å². The molecule has 8 heteroatoms. The minimum atomic E-state index is -0.0755. The van der Waals surface area contributed by atoms with Gasteiger partial charge in [0, 0.05) is 24.1 Å². The zero-order valence-electron chi connectivity index (χ0n) is 17.4. The Morgan fingerprint density at radius 3 is 2.67 bits per heavy atom. The first-order valence-corrected chi connectivity index (χ1v) is 11.3. The van der Waals surface area contributed by atoms with E-state index in [1.54, 1.807) is 9.58 Å². The molecule has 156 valence electrons. The Morgan fingerprint density at radius 2 is 1.90 bits per heavy atom. The van der Waals surface area contributed by atoms with Gasteiger partial charge in [-0.3, -0.25) is 4.79 Å². The number of tetrazole rings is 1. The third kappa shape index (κ3) is 4.88. The quantitative estimate of drug-likeness (QED) is 0.570. The number of likely N-dealkylation sites (tertiary alicyclic amines) is 1. The lowest BCUT2D eigenvalue weighted by molar-refractivity contribution is -0.901. The highest BCUT2D eigenvalue weighted by Crippen LogP contribution is 2.22. The van der Waals surface area contributed by atoms with Gasteiger partial charge in [-0.15, -0.1) is 5.10 Å². The molecule has 1 fully saturated rings. The number of aromatic nitrogens is 4. The lowest BCUT2D eigenvalue weighted by Gasteiger charge is -2.12. The maximum absolute atomic E-state index is 12.4. The number of hydrogen-bond acceptors (Lipinski definition) is 5. The Labute approximate surface area is 180 Å². The monoisotopic (exact) mass is 423 g/mol. The number of carbonyl (C=O) groups is 1. The van der Waals surface area contributed by atoms with Crippen molar-refractivity contribution >= 4 is 23.4 Å². The normalized spacial score (nSPS) is 14.2. The molecule has 2 N–H and O–H groups in total. The fraction of sp³-hybridized carbons (Fsp3) is 0.364. The van der Waals surface area contributed by atoms with E-state index in [1.807, 2.05) is 31.2 Å². The minimum absolute atomic E-state index is 0.0755. The van der Waals surface area contributed by atoms with E-state index in [1.165, 1.54) is 48.8 Å². The first-order valence-electron chi connectivity index (χ1n) is 10.3. The van der Waals surface area contributed by atoms with E-state index in [0.29, 0.717) is 5.16 Å². The van der Waals surface area contributed by atoms with Crippen molar-refractivity contribution in [3.63, 3.8) is 0 Å². The predicted molar refractivity (Wildman–Crippen MR) is 118 cm³/mol. The molecule has 0 atom stereocenters. The molecule has 0 radical (unpaired) electrons. The number of benzene rings is 2. The van der Waals surface area contributed by atoms with Crippen LogP contribution in [0.4, 0.5) is 5.69 Å². The molecular weight excluding hydrogens is 396 g/mol. The number of anilines is 1. The van der Waals surface area contributed by atoms with Crippen molar-refractivity contribution in [1.29, 1.82) is 0 Å². The fourth-order valence-corrected chi connectivity index (χ4v) is 4.44. The molecule has 0 bridgehead atoms. The van der Waals surface area contributed by atoms with Crippen LogP contribution in [-0.2, 0) is 11.3 Å². The first kappa shape index (κ1) is 20.6. The molecule has 7 nitrogen and oxygen atoms in total. The SMILES string of the molecule is Cc1cccc(-n2nnnc2SCC(=O)Nc2ccc(C[NH+]3CCCC3)cc2)c1C. The number of quaternary nitrogens is 1. The molecule has 1 amide bonds. The lowest BCUT2D eigenvalue weighted by atomic mass is 10.1. The summed E-state index contributed by atoms with van der Waals surface area (Å²) in [7, 11) is 0. The molecule has 0 spiro atoms. The molecule has 2 aromatic carbocycles. The van der Waals surface area contributed by atoms with Gasteiger partial charge in [-0.1, -0.05) is 36.0 Å². The zero-order valence-corrected chi connectivity index (χ0v) is 18.2. The van der Waals surface area contributed by atoms with Gasteiger partial charge < -0.3 is 10.2 Å². The summed E-state index contributed by atoms with van der Waals surface area (Å²) in [6.07, 6.45) is 2.65. The van der Waals surface area contributed by atoms with Gasteiger partial charge in [0.2, 0.25) is 11.1 Å². The van der Waals surface area contributed by atoms with Crippen LogP contribution in [0.3, 0.4) is 0 Å². The number of nitrogens with zero attached hydrogens (tertiary/aromatic N) is 4. The summed E-state index contributed by atoms with van der Waals surface area (Å²) < 4.78 is 1.69. The molecule has 0 saturated carbocycles. The van der Waals surface area contributed by atoms with Crippen LogP contribution in [0.25, 0.3) is 5.69 Å². The first-order chi connectivity index (χ1) is 14.6. The average Bonchev–Trinajstić information content (AvgIpc) is 3.42. The summed E-state index contributed by atoms with van der Waals surface area (Å²) in [4.78, 5) is 14.1. The highest BCUT2D eigenvalue weighted by Gasteiger charge is 2.16. The third-order valence-corrected chi connectivity index (χ3v) is 6.50. The van der Waals surface area contributed by atoms with Crippen molar-refractivity contribution in [2.45, 2.75) is 38.4 Å². The van der Waals surface area contributed by atoms with Crippen LogP contribution in [0.1, 0.15) is 29.5 Å². The number of thioether (sulfide) groups is 1. The molecular formula is C22H27N6OS+. The second-order valence-electron chi connectivity index (χ2n) is 7.76. The summed E-state index contributed by atoms with van der Waals surface area (Å²) in [5, 5.41) is 15.5. The molecule has 1 aromatic heterocycles. The maximum atomic E-state index is 12.4. The van der Waals surface area contributed by atoms with Crippen molar-refractivity contribution in [3.05, 3.63) is 59.2 Å². The van der Waals surface area contributed by atoms with E-state index in [4.69, 9.17) is 0 Å². The number of hydrogen-bond donors (Lipinski definition) is 2. The standard InChI is InChI=1S/C22H26N6OS/c1-16-6-5-7-20(17(16)2)28-22(24-25-26-28)30-15-21(29)23-19-10-8-18(9-11-19)14-27-12-3-4-13-27/h5-11H,3-4,12-15H2,1-2H3,(H,23,29)/p+1. The van der Waals surface area contributed by atoms with Gasteiger partial charge >= 0.3 is 0 Å². The van der Waals surface area contributed by atoms with Gasteiger partial charge in [-0.25, -0.2) is 0 Å². The van der Waals surface area contributed by atoms with Crippen molar-refractivity contribution in [3.8, 4) is 5.69 Å². The largest absolute Gasteiger partial charge is 0.331 e. The zero-order chi connectivity index (χ0) is 20.9. The summed E-state index contributed by atoms with van der Waals surface area (Å²) >= 11 is 1.33. The highest BCUT2D eigenvalue weighted by atomic mass is 32.2. The molecule has 30 heavy (non-hydrogen) atoms. The molecule has 1 aliphatic rings. The van der Waals surface area contributed by atoms with Gasteiger partial charge in [0.15, 0.2) is 0 Å². The Hall–Kier alpha value is -2.71. The summed E-state index contributed by atoms with van der Waals surface area (Å²) in [5.74, 6) is 0.165. The Morgan fingerprint density at radius 1 is 1.13 bits per heavy atom. The fourth-order valence-electron chi connectivity index (χ4n) is 3.76. The lowest BCUT2D eigenvalue weighted by Crippen LogP contribution is -3.08. The molecule has 0 unspecified atom stereocenters. The van der Waals surface area contributed by atoms with Crippen LogP contribution in [0, 0.1) is 13.8 Å². The topological polar surface area (TPSA) is 77.1 Å². The summed E-state index contributed by atoms with van der Waals surface area (Å²) in [6.45, 7) is 7.68. The van der Waals surface area contributed by atoms with Crippen LogP contribution in [0.5, 0.6) is 0 Å². The number of nitrogens with one attached hydrogen (secondary N) is 2. The van der Waals surface area contributed by atoms with Gasteiger partial charge in [-0.05, 0) is 53.6 Å². The third-order valence-electron chi connectivity index (χ3n) is 5.58. The van der Waals surface area contributed by atoms with Crippen molar-refractivity contribution in [2.75, 3.05) is 24.2 Å². The highest BCUT2D eigenvalue weighted by molar-refractivity contribution is 7.99. The predicted octanol–water partition coefficient (Wildman–Crippen LogP) is 2.19. The van der Waals surface area contributed by atoms with Crippen LogP contribution in [-0.4, -0.2) is 45.0 Å². The van der Waals surface area contributed by atoms with Crippen molar-refractivity contribution < 1.29 is 9.69 Å².